The van der Waals surface area contributed by atoms with E-state index in [1.54, 1.807) is 6.08 Å². The fraction of sp³-hybridized carbons (Fsp3) is 0.308. The maximum atomic E-state index is 8.81. The molecule has 2 rings (SSSR count). The van der Waals surface area contributed by atoms with Gasteiger partial charge in [0, 0.05) is 18.0 Å². The van der Waals surface area contributed by atoms with Gasteiger partial charge in [-0.25, -0.2) is 0 Å². The quantitative estimate of drug-likeness (QED) is 0.559. The summed E-state index contributed by atoms with van der Waals surface area (Å²) in [5.74, 6) is 0. The zero-order valence-corrected chi connectivity index (χ0v) is 9.28. The first-order valence-corrected chi connectivity index (χ1v) is 5.05. The van der Waals surface area contributed by atoms with Gasteiger partial charge in [0.25, 0.3) is 0 Å². The third-order valence-electron chi connectivity index (χ3n) is 3.12. The van der Waals surface area contributed by atoms with E-state index < -0.39 is 0 Å². The standard InChI is InChI=1S/C13H14N2/c1-10-11(7-8-14)13(2,3)15-9-5-4-6-12(10)15/h4-7,9H,1-3H3. The Kier molecular flexibility index (Phi) is 2.04. The topological polar surface area (TPSA) is 27.0 Å². The average Bonchev–Trinajstić information content (AvgIpc) is 2.41. The molecule has 76 valence electrons. The Bertz CT molecular complexity index is 453. The summed E-state index contributed by atoms with van der Waals surface area (Å²) in [6.45, 7) is 6.34. The van der Waals surface area contributed by atoms with Crippen molar-refractivity contribution in [2.24, 2.45) is 0 Å². The van der Waals surface area contributed by atoms with Crippen LogP contribution in [0.25, 0.3) is 0 Å². The molecule has 15 heavy (non-hydrogen) atoms. The van der Waals surface area contributed by atoms with Crippen LogP contribution in [0.1, 0.15) is 20.8 Å². The largest absolute Gasteiger partial charge is 0.338 e. The number of hydrogen-bond acceptors (Lipinski definition) is 2. The van der Waals surface area contributed by atoms with Crippen LogP contribution in [0.4, 0.5) is 0 Å². The summed E-state index contributed by atoms with van der Waals surface area (Å²) in [6, 6.07) is 2.13. The predicted molar refractivity (Wildman–Crippen MR) is 60.6 cm³/mol. The highest BCUT2D eigenvalue weighted by molar-refractivity contribution is 5.54. The second kappa shape index (κ2) is 3.13. The van der Waals surface area contributed by atoms with Crippen molar-refractivity contribution in [3.63, 3.8) is 0 Å². The van der Waals surface area contributed by atoms with Crippen molar-refractivity contribution >= 4 is 0 Å². The first-order chi connectivity index (χ1) is 7.09. The van der Waals surface area contributed by atoms with Crippen LogP contribution < -0.4 is 0 Å². The predicted octanol–water partition coefficient (Wildman–Crippen LogP) is 2.89. The van der Waals surface area contributed by atoms with Crippen molar-refractivity contribution in [2.45, 2.75) is 26.3 Å². The molecule has 0 amide bonds. The van der Waals surface area contributed by atoms with Gasteiger partial charge in [-0.05, 0) is 44.1 Å². The van der Waals surface area contributed by atoms with E-state index in [4.69, 9.17) is 5.26 Å². The molecule has 0 aliphatic carbocycles. The smallest absolute Gasteiger partial charge is 0.0915 e. The van der Waals surface area contributed by atoms with Crippen LogP contribution in [0.3, 0.4) is 0 Å². The summed E-state index contributed by atoms with van der Waals surface area (Å²) < 4.78 is 0. The normalized spacial score (nSPS) is 24.7. The lowest BCUT2D eigenvalue weighted by molar-refractivity contribution is 0.310. The van der Waals surface area contributed by atoms with Gasteiger partial charge in [-0.3, -0.25) is 0 Å². The van der Waals surface area contributed by atoms with Gasteiger partial charge in [0.1, 0.15) is 0 Å². The van der Waals surface area contributed by atoms with Crippen molar-refractivity contribution in [3.05, 3.63) is 47.3 Å². The second-order valence-corrected chi connectivity index (χ2v) is 4.33. The molecule has 0 saturated heterocycles. The summed E-state index contributed by atoms with van der Waals surface area (Å²) >= 11 is 0. The maximum absolute atomic E-state index is 8.81. The van der Waals surface area contributed by atoms with E-state index in [9.17, 15) is 0 Å². The highest BCUT2D eigenvalue weighted by atomic mass is 15.2. The highest BCUT2D eigenvalue weighted by Crippen LogP contribution is 2.42. The fourth-order valence-electron chi connectivity index (χ4n) is 2.31. The molecule has 0 aromatic heterocycles. The number of nitriles is 1. The maximum Gasteiger partial charge on any atom is 0.0915 e. The minimum absolute atomic E-state index is 0.115. The first-order valence-electron chi connectivity index (χ1n) is 5.05. The number of nitrogens with zero attached hydrogens (tertiary/aromatic N) is 2. The summed E-state index contributed by atoms with van der Waals surface area (Å²) in [4.78, 5) is 2.21. The van der Waals surface area contributed by atoms with Crippen LogP contribution >= 0.6 is 0 Å². The minimum atomic E-state index is -0.115. The monoisotopic (exact) mass is 198 g/mol. The third-order valence-corrected chi connectivity index (χ3v) is 3.12. The molecule has 0 atom stereocenters. The highest BCUT2D eigenvalue weighted by Gasteiger charge is 2.39. The van der Waals surface area contributed by atoms with E-state index in [1.807, 2.05) is 12.2 Å². The van der Waals surface area contributed by atoms with E-state index in [1.165, 1.54) is 11.3 Å². The molecule has 0 radical (unpaired) electrons. The van der Waals surface area contributed by atoms with Crippen LogP contribution in [0.15, 0.2) is 47.3 Å². The van der Waals surface area contributed by atoms with Gasteiger partial charge in [0.2, 0.25) is 0 Å². The van der Waals surface area contributed by atoms with Gasteiger partial charge in [0.05, 0.1) is 11.6 Å². The molecule has 0 saturated carbocycles. The van der Waals surface area contributed by atoms with Crippen LogP contribution in [-0.2, 0) is 0 Å². The molecule has 2 aliphatic heterocycles. The lowest BCUT2D eigenvalue weighted by atomic mass is 9.91. The lowest BCUT2D eigenvalue weighted by Gasteiger charge is -2.34. The Balaban J connectivity index is 2.60. The van der Waals surface area contributed by atoms with E-state index in [2.05, 4.69) is 44.0 Å². The Morgan fingerprint density at radius 3 is 2.73 bits per heavy atom. The summed E-state index contributed by atoms with van der Waals surface area (Å²) in [6.07, 6.45) is 9.86. The van der Waals surface area contributed by atoms with Gasteiger partial charge in [-0.15, -0.1) is 0 Å². The fourth-order valence-corrected chi connectivity index (χ4v) is 2.31. The van der Waals surface area contributed by atoms with Crippen molar-refractivity contribution in [2.75, 3.05) is 0 Å². The minimum Gasteiger partial charge on any atom is -0.338 e. The first kappa shape index (κ1) is 9.79. The van der Waals surface area contributed by atoms with Crippen molar-refractivity contribution in [3.8, 4) is 6.07 Å². The Morgan fingerprint density at radius 2 is 2.13 bits per heavy atom. The average molecular weight is 198 g/mol. The molecular formula is C13H14N2. The zero-order chi connectivity index (χ0) is 11.1. The van der Waals surface area contributed by atoms with Gasteiger partial charge in [-0.2, -0.15) is 5.26 Å². The van der Waals surface area contributed by atoms with Crippen molar-refractivity contribution in [1.82, 2.24) is 4.90 Å². The van der Waals surface area contributed by atoms with E-state index >= 15 is 0 Å². The molecule has 2 heteroatoms. The molecule has 0 aromatic rings. The molecule has 0 spiro atoms. The number of allylic oxidation sites excluding steroid dienone is 4. The molecule has 2 nitrogen and oxygen atoms in total. The Morgan fingerprint density at radius 1 is 1.40 bits per heavy atom. The molecular weight excluding hydrogens is 184 g/mol. The SMILES string of the molecule is CC1=C2C=CC=CN2C(C)(C)C1=CC#N. The van der Waals surface area contributed by atoms with Crippen molar-refractivity contribution in [1.29, 1.82) is 5.26 Å². The Labute approximate surface area is 90.5 Å². The second-order valence-electron chi connectivity index (χ2n) is 4.33. The summed E-state index contributed by atoms with van der Waals surface area (Å²) in [7, 11) is 0. The van der Waals surface area contributed by atoms with E-state index in [0.717, 1.165) is 5.57 Å². The summed E-state index contributed by atoms with van der Waals surface area (Å²) in [5, 5.41) is 8.81. The number of rotatable bonds is 0. The van der Waals surface area contributed by atoms with E-state index in [0.29, 0.717) is 0 Å². The molecule has 2 aliphatic rings. The molecule has 0 fully saturated rings. The van der Waals surface area contributed by atoms with Gasteiger partial charge in [-0.1, -0.05) is 6.08 Å². The molecule has 0 N–H and O–H groups in total. The number of fused-ring (bicyclic) bond motifs is 1. The number of hydrogen-bond donors (Lipinski definition) is 0. The summed E-state index contributed by atoms with van der Waals surface area (Å²) in [5.41, 5.74) is 3.39. The lowest BCUT2D eigenvalue weighted by Crippen LogP contribution is -2.36. The van der Waals surface area contributed by atoms with Gasteiger partial charge >= 0.3 is 0 Å². The third kappa shape index (κ3) is 1.24. The molecule has 0 aromatic carbocycles. The zero-order valence-electron chi connectivity index (χ0n) is 9.28. The van der Waals surface area contributed by atoms with Crippen LogP contribution in [0, 0.1) is 11.3 Å². The van der Waals surface area contributed by atoms with E-state index in [-0.39, 0.29) is 5.54 Å². The van der Waals surface area contributed by atoms with Gasteiger partial charge in [0.15, 0.2) is 0 Å². The van der Waals surface area contributed by atoms with Crippen LogP contribution in [0.5, 0.6) is 0 Å². The molecule has 0 unspecified atom stereocenters. The molecule has 0 bridgehead atoms. The van der Waals surface area contributed by atoms with Gasteiger partial charge < -0.3 is 4.90 Å². The van der Waals surface area contributed by atoms with Crippen molar-refractivity contribution < 1.29 is 0 Å². The molecule has 2 heterocycles. The van der Waals surface area contributed by atoms with Crippen LogP contribution in [0.2, 0.25) is 0 Å². The van der Waals surface area contributed by atoms with Crippen LogP contribution in [-0.4, -0.2) is 10.4 Å². The Hall–Kier alpha value is -1.75.